The third kappa shape index (κ3) is 2.34. The van der Waals surface area contributed by atoms with Gasteiger partial charge in [0.05, 0.1) is 12.7 Å². The van der Waals surface area contributed by atoms with Crippen LogP contribution in [0.15, 0.2) is 18.2 Å². The Morgan fingerprint density at radius 3 is 2.76 bits per heavy atom. The van der Waals surface area contributed by atoms with Crippen molar-refractivity contribution in [3.8, 4) is 5.75 Å². The van der Waals surface area contributed by atoms with Crippen molar-refractivity contribution >= 4 is 5.78 Å². The first-order valence-electron chi connectivity index (χ1n) is 6.03. The summed E-state index contributed by atoms with van der Waals surface area (Å²) in [7, 11) is 1.61. The number of methoxy groups -OCH3 is 1. The summed E-state index contributed by atoms with van der Waals surface area (Å²) < 4.78 is 5.28. The van der Waals surface area contributed by atoms with Gasteiger partial charge in [-0.25, -0.2) is 0 Å². The number of carbonyl (C=O) groups excluding carboxylic acids is 1. The van der Waals surface area contributed by atoms with Crippen molar-refractivity contribution in [2.24, 2.45) is 11.8 Å². The topological polar surface area (TPSA) is 38.3 Å². The van der Waals surface area contributed by atoms with Gasteiger partial charge in [0, 0.05) is 12.5 Å². The van der Waals surface area contributed by atoms with Crippen LogP contribution >= 0.6 is 0 Å². The Balaban J connectivity index is 2.32. The van der Waals surface area contributed by atoms with E-state index in [0.29, 0.717) is 17.2 Å². The summed E-state index contributed by atoms with van der Waals surface area (Å²) in [6.07, 6.45) is 0. The molecular weight excluding hydrogens is 214 g/mol. The Hall–Kier alpha value is -1.35. The summed E-state index contributed by atoms with van der Waals surface area (Å²) in [5, 5.41) is 3.26. The SMILES string of the molecule is COc1ccc(C)cc1C(=O)C1CNCC1C. The minimum atomic E-state index is 0.0747. The zero-order valence-electron chi connectivity index (χ0n) is 10.6. The van der Waals surface area contributed by atoms with Gasteiger partial charge < -0.3 is 10.1 Å². The number of nitrogens with one attached hydrogen (secondary N) is 1. The maximum Gasteiger partial charge on any atom is 0.171 e. The average Bonchev–Trinajstić information content (AvgIpc) is 2.74. The van der Waals surface area contributed by atoms with E-state index in [2.05, 4.69) is 12.2 Å². The van der Waals surface area contributed by atoms with E-state index >= 15 is 0 Å². The molecule has 0 bridgehead atoms. The molecule has 2 rings (SSSR count). The lowest BCUT2D eigenvalue weighted by molar-refractivity contribution is 0.0904. The number of Topliss-reactive ketones (excluding diaryl/α,β-unsaturated/α-hetero) is 1. The Bertz CT molecular complexity index is 428. The molecule has 1 fully saturated rings. The molecule has 1 aliphatic rings. The van der Waals surface area contributed by atoms with E-state index in [-0.39, 0.29) is 11.7 Å². The highest BCUT2D eigenvalue weighted by atomic mass is 16.5. The van der Waals surface area contributed by atoms with Crippen molar-refractivity contribution in [3.05, 3.63) is 29.3 Å². The second-order valence-corrected chi connectivity index (χ2v) is 4.81. The number of hydrogen-bond donors (Lipinski definition) is 1. The van der Waals surface area contributed by atoms with Gasteiger partial charge in [0.2, 0.25) is 0 Å². The van der Waals surface area contributed by atoms with E-state index in [9.17, 15) is 4.79 Å². The highest BCUT2D eigenvalue weighted by Crippen LogP contribution is 2.27. The predicted octanol–water partition coefficient (Wildman–Crippen LogP) is 2.04. The van der Waals surface area contributed by atoms with Gasteiger partial charge in [-0.2, -0.15) is 0 Å². The molecule has 0 radical (unpaired) electrons. The minimum absolute atomic E-state index is 0.0747. The molecule has 1 N–H and O–H groups in total. The molecule has 1 aliphatic heterocycles. The Kier molecular flexibility index (Phi) is 3.48. The first kappa shape index (κ1) is 12.1. The third-order valence-electron chi connectivity index (χ3n) is 3.47. The normalized spacial score (nSPS) is 23.7. The first-order valence-corrected chi connectivity index (χ1v) is 6.03. The number of aryl methyl sites for hydroxylation is 1. The van der Waals surface area contributed by atoms with Gasteiger partial charge in [-0.15, -0.1) is 0 Å². The molecule has 1 heterocycles. The maximum atomic E-state index is 12.5. The summed E-state index contributed by atoms with van der Waals surface area (Å²) in [5.74, 6) is 1.35. The van der Waals surface area contributed by atoms with Gasteiger partial charge in [-0.1, -0.05) is 18.6 Å². The summed E-state index contributed by atoms with van der Waals surface area (Å²) in [4.78, 5) is 12.5. The van der Waals surface area contributed by atoms with Crippen molar-refractivity contribution in [3.63, 3.8) is 0 Å². The van der Waals surface area contributed by atoms with Gasteiger partial charge >= 0.3 is 0 Å². The van der Waals surface area contributed by atoms with E-state index < -0.39 is 0 Å². The predicted molar refractivity (Wildman–Crippen MR) is 67.6 cm³/mol. The Morgan fingerprint density at radius 2 is 2.18 bits per heavy atom. The fraction of sp³-hybridized carbons (Fsp3) is 0.500. The van der Waals surface area contributed by atoms with Gasteiger partial charge in [0.25, 0.3) is 0 Å². The molecular formula is C14H19NO2. The van der Waals surface area contributed by atoms with E-state index in [1.165, 1.54) is 0 Å². The van der Waals surface area contributed by atoms with Crippen LogP contribution in [-0.2, 0) is 0 Å². The van der Waals surface area contributed by atoms with Gasteiger partial charge in [-0.3, -0.25) is 4.79 Å². The molecule has 0 aromatic heterocycles. The lowest BCUT2D eigenvalue weighted by Crippen LogP contribution is -2.22. The minimum Gasteiger partial charge on any atom is -0.496 e. The summed E-state index contributed by atoms with van der Waals surface area (Å²) in [6, 6.07) is 5.76. The second kappa shape index (κ2) is 4.88. The van der Waals surface area contributed by atoms with Crippen LogP contribution in [0.3, 0.4) is 0 Å². The first-order chi connectivity index (χ1) is 8.13. The smallest absolute Gasteiger partial charge is 0.171 e. The summed E-state index contributed by atoms with van der Waals surface area (Å²) in [5.41, 5.74) is 1.81. The van der Waals surface area contributed by atoms with Crippen LogP contribution < -0.4 is 10.1 Å². The van der Waals surface area contributed by atoms with Crippen molar-refractivity contribution in [2.75, 3.05) is 20.2 Å². The monoisotopic (exact) mass is 233 g/mol. The van der Waals surface area contributed by atoms with Gasteiger partial charge in [0.15, 0.2) is 5.78 Å². The molecule has 92 valence electrons. The number of benzene rings is 1. The van der Waals surface area contributed by atoms with Crippen molar-refractivity contribution in [1.29, 1.82) is 0 Å². The molecule has 1 aromatic rings. The molecule has 0 aliphatic carbocycles. The number of hydrogen-bond acceptors (Lipinski definition) is 3. The highest BCUT2D eigenvalue weighted by Gasteiger charge is 2.31. The number of ketones is 1. The third-order valence-corrected chi connectivity index (χ3v) is 3.47. The summed E-state index contributed by atoms with van der Waals surface area (Å²) >= 11 is 0. The molecule has 0 amide bonds. The Labute approximate surface area is 102 Å². The molecule has 17 heavy (non-hydrogen) atoms. The van der Waals surface area contributed by atoms with E-state index in [4.69, 9.17) is 4.74 Å². The number of carbonyl (C=O) groups is 1. The molecule has 3 heteroatoms. The van der Waals surface area contributed by atoms with Crippen LogP contribution in [0, 0.1) is 18.8 Å². The van der Waals surface area contributed by atoms with Crippen LogP contribution in [0.1, 0.15) is 22.8 Å². The fourth-order valence-electron chi connectivity index (χ4n) is 2.38. The van der Waals surface area contributed by atoms with Crippen LogP contribution in [-0.4, -0.2) is 26.0 Å². The summed E-state index contributed by atoms with van der Waals surface area (Å²) in [6.45, 7) is 5.80. The quantitative estimate of drug-likeness (QED) is 0.812. The van der Waals surface area contributed by atoms with E-state index in [1.54, 1.807) is 7.11 Å². The molecule has 0 saturated carbocycles. The van der Waals surface area contributed by atoms with Crippen molar-refractivity contribution in [2.45, 2.75) is 13.8 Å². The van der Waals surface area contributed by atoms with Crippen LogP contribution in [0.5, 0.6) is 5.75 Å². The molecule has 2 atom stereocenters. The van der Waals surface area contributed by atoms with Gasteiger partial charge in [0.1, 0.15) is 5.75 Å². The van der Waals surface area contributed by atoms with Gasteiger partial charge in [-0.05, 0) is 31.5 Å². The number of ether oxygens (including phenoxy) is 1. The molecule has 0 spiro atoms. The lowest BCUT2D eigenvalue weighted by Gasteiger charge is -2.15. The van der Waals surface area contributed by atoms with Crippen LogP contribution in [0.25, 0.3) is 0 Å². The zero-order valence-corrected chi connectivity index (χ0v) is 10.6. The molecule has 2 unspecified atom stereocenters. The van der Waals surface area contributed by atoms with Crippen molar-refractivity contribution < 1.29 is 9.53 Å². The standard InChI is InChI=1S/C14H19NO2/c1-9-4-5-13(17-3)11(6-9)14(16)12-8-15-7-10(12)2/h4-6,10,12,15H,7-8H2,1-3H3. The van der Waals surface area contributed by atoms with E-state index in [0.717, 1.165) is 18.7 Å². The van der Waals surface area contributed by atoms with Crippen LogP contribution in [0.4, 0.5) is 0 Å². The fourth-order valence-corrected chi connectivity index (χ4v) is 2.38. The second-order valence-electron chi connectivity index (χ2n) is 4.81. The number of rotatable bonds is 3. The lowest BCUT2D eigenvalue weighted by atomic mass is 9.89. The maximum absolute atomic E-state index is 12.5. The molecule has 3 nitrogen and oxygen atoms in total. The molecule has 1 aromatic carbocycles. The van der Waals surface area contributed by atoms with Crippen LogP contribution in [0.2, 0.25) is 0 Å². The van der Waals surface area contributed by atoms with E-state index in [1.807, 2.05) is 25.1 Å². The Morgan fingerprint density at radius 1 is 1.41 bits per heavy atom. The zero-order chi connectivity index (χ0) is 12.4. The molecule has 1 saturated heterocycles. The highest BCUT2D eigenvalue weighted by molar-refractivity contribution is 6.01. The average molecular weight is 233 g/mol. The largest absolute Gasteiger partial charge is 0.496 e. The van der Waals surface area contributed by atoms with Crippen molar-refractivity contribution in [1.82, 2.24) is 5.32 Å².